The van der Waals surface area contributed by atoms with Crippen molar-refractivity contribution in [2.24, 2.45) is 0 Å². The summed E-state index contributed by atoms with van der Waals surface area (Å²) in [6.07, 6.45) is 0.368. The van der Waals surface area contributed by atoms with Gasteiger partial charge in [0.2, 0.25) is 0 Å². The number of hydrogen-bond donors (Lipinski definition) is 1. The van der Waals surface area contributed by atoms with Gasteiger partial charge in [0.05, 0.1) is 12.0 Å². The van der Waals surface area contributed by atoms with Gasteiger partial charge in [-0.05, 0) is 12.5 Å². The van der Waals surface area contributed by atoms with Crippen LogP contribution in [-0.2, 0) is 9.53 Å². The van der Waals surface area contributed by atoms with Crippen LogP contribution in [-0.4, -0.2) is 30.0 Å². The lowest BCUT2D eigenvalue weighted by Gasteiger charge is -2.14. The molecule has 1 aromatic carbocycles. The number of methoxy groups -OCH3 is 1. The number of carbonyl (C=O) groups excluding carboxylic acids is 2. The molecule has 0 aromatic heterocycles. The molecule has 0 heterocycles. The van der Waals surface area contributed by atoms with Gasteiger partial charge >= 0.3 is 5.97 Å². The van der Waals surface area contributed by atoms with Gasteiger partial charge in [-0.15, -0.1) is 0 Å². The minimum atomic E-state index is -0.767. The summed E-state index contributed by atoms with van der Waals surface area (Å²) in [6, 6.07) is 4.52. The van der Waals surface area contributed by atoms with Gasteiger partial charge < -0.3 is 10.1 Å². The van der Waals surface area contributed by atoms with Crippen LogP contribution < -0.4 is 5.32 Å². The number of amides is 1. The molecule has 0 unspecified atom stereocenters. The number of nitro benzene ring substituents is 1. The maximum absolute atomic E-state index is 11.9. The lowest BCUT2D eigenvalue weighted by atomic mass is 10.1. The van der Waals surface area contributed by atoms with Gasteiger partial charge in [0, 0.05) is 17.7 Å². The van der Waals surface area contributed by atoms with E-state index in [1.165, 1.54) is 25.3 Å². The molecular formula is C12H14N2O5. The second-order valence-electron chi connectivity index (χ2n) is 3.76. The van der Waals surface area contributed by atoms with Crippen LogP contribution in [0.25, 0.3) is 0 Å². The molecule has 7 heteroatoms. The first-order valence-electron chi connectivity index (χ1n) is 5.62. The Hall–Kier alpha value is -2.44. The van der Waals surface area contributed by atoms with Gasteiger partial charge in [-0.2, -0.15) is 0 Å². The number of hydrogen-bond acceptors (Lipinski definition) is 5. The molecule has 0 saturated carbocycles. The van der Waals surface area contributed by atoms with Crippen LogP contribution in [0.3, 0.4) is 0 Å². The van der Waals surface area contributed by atoms with Crippen molar-refractivity contribution < 1.29 is 19.2 Å². The summed E-state index contributed by atoms with van der Waals surface area (Å²) >= 11 is 0. The van der Waals surface area contributed by atoms with E-state index in [1.54, 1.807) is 6.92 Å². The zero-order valence-electron chi connectivity index (χ0n) is 10.6. The van der Waals surface area contributed by atoms with E-state index in [0.29, 0.717) is 6.42 Å². The molecule has 1 aromatic rings. The molecule has 1 amide bonds. The van der Waals surface area contributed by atoms with Crippen molar-refractivity contribution in [1.29, 1.82) is 0 Å². The number of esters is 1. The van der Waals surface area contributed by atoms with Crippen LogP contribution in [0.4, 0.5) is 5.69 Å². The molecule has 1 atom stereocenters. The highest BCUT2D eigenvalue weighted by Gasteiger charge is 2.20. The smallest absolute Gasteiger partial charge is 0.328 e. The normalized spacial score (nSPS) is 11.5. The zero-order chi connectivity index (χ0) is 14.4. The third-order valence-electron chi connectivity index (χ3n) is 2.52. The molecule has 7 nitrogen and oxygen atoms in total. The van der Waals surface area contributed by atoms with Crippen molar-refractivity contribution in [3.8, 4) is 0 Å². The molecule has 1 rings (SSSR count). The number of ether oxygens (including phenoxy) is 1. The van der Waals surface area contributed by atoms with Crippen molar-refractivity contribution >= 4 is 17.6 Å². The Bertz CT molecular complexity index is 501. The van der Waals surface area contributed by atoms with Crippen LogP contribution in [0, 0.1) is 10.1 Å². The molecule has 0 aliphatic carbocycles. The molecule has 19 heavy (non-hydrogen) atoms. The minimum Gasteiger partial charge on any atom is -0.467 e. The second-order valence-corrected chi connectivity index (χ2v) is 3.76. The number of nitro groups is 1. The van der Waals surface area contributed by atoms with Crippen LogP contribution in [0.5, 0.6) is 0 Å². The van der Waals surface area contributed by atoms with Gasteiger partial charge in [0.15, 0.2) is 0 Å². The Kier molecular flexibility index (Phi) is 4.99. The number of nitrogens with one attached hydrogen (secondary N) is 1. The van der Waals surface area contributed by atoms with Gasteiger partial charge in [-0.3, -0.25) is 14.9 Å². The first kappa shape index (κ1) is 14.6. The van der Waals surface area contributed by atoms with Crippen LogP contribution in [0.2, 0.25) is 0 Å². The highest BCUT2D eigenvalue weighted by atomic mass is 16.6. The molecule has 0 radical (unpaired) electrons. The van der Waals surface area contributed by atoms with Crippen molar-refractivity contribution in [1.82, 2.24) is 5.32 Å². The van der Waals surface area contributed by atoms with E-state index >= 15 is 0 Å². The number of non-ortho nitro benzene ring substituents is 1. The average molecular weight is 266 g/mol. The van der Waals surface area contributed by atoms with Gasteiger partial charge in [-0.1, -0.05) is 13.0 Å². The van der Waals surface area contributed by atoms with Gasteiger partial charge in [-0.25, -0.2) is 4.79 Å². The molecule has 0 fully saturated rings. The first-order chi connectivity index (χ1) is 8.99. The maximum Gasteiger partial charge on any atom is 0.328 e. The summed E-state index contributed by atoms with van der Waals surface area (Å²) in [4.78, 5) is 33.2. The molecule has 0 aliphatic heterocycles. The Morgan fingerprint density at radius 2 is 2.16 bits per heavy atom. The van der Waals surface area contributed by atoms with Crippen LogP contribution in [0.1, 0.15) is 23.7 Å². The van der Waals surface area contributed by atoms with E-state index in [9.17, 15) is 19.7 Å². The Morgan fingerprint density at radius 1 is 1.47 bits per heavy atom. The highest BCUT2D eigenvalue weighted by Crippen LogP contribution is 2.13. The molecule has 0 bridgehead atoms. The predicted molar refractivity (Wildman–Crippen MR) is 66.7 cm³/mol. The van der Waals surface area contributed by atoms with Crippen molar-refractivity contribution in [3.63, 3.8) is 0 Å². The Morgan fingerprint density at radius 3 is 2.68 bits per heavy atom. The molecule has 0 aliphatic rings. The van der Waals surface area contributed by atoms with Gasteiger partial charge in [0.25, 0.3) is 11.6 Å². The summed E-state index contributed by atoms with van der Waals surface area (Å²) in [5.41, 5.74) is -0.0599. The SMILES string of the molecule is CC[C@H](NC(=O)c1cccc([N+](=O)[O-])c1)C(=O)OC. The summed E-state index contributed by atoms with van der Waals surface area (Å²) in [6.45, 7) is 1.72. The van der Waals surface area contributed by atoms with Crippen molar-refractivity contribution in [2.75, 3.05) is 7.11 Å². The lowest BCUT2D eigenvalue weighted by molar-refractivity contribution is -0.384. The van der Waals surface area contributed by atoms with E-state index in [2.05, 4.69) is 10.1 Å². The topological polar surface area (TPSA) is 98.5 Å². The Labute approximate surface area is 109 Å². The van der Waals surface area contributed by atoms with Gasteiger partial charge in [0.1, 0.15) is 6.04 Å². The third-order valence-corrected chi connectivity index (χ3v) is 2.52. The average Bonchev–Trinajstić information content (AvgIpc) is 2.43. The lowest BCUT2D eigenvalue weighted by Crippen LogP contribution is -2.41. The summed E-state index contributed by atoms with van der Waals surface area (Å²) < 4.78 is 4.54. The van der Waals surface area contributed by atoms with E-state index in [0.717, 1.165) is 6.07 Å². The summed E-state index contributed by atoms with van der Waals surface area (Å²) in [5, 5.41) is 13.1. The fourth-order valence-corrected chi connectivity index (χ4v) is 1.47. The minimum absolute atomic E-state index is 0.122. The quantitative estimate of drug-likeness (QED) is 0.491. The molecular weight excluding hydrogens is 252 g/mol. The number of benzene rings is 1. The first-order valence-corrected chi connectivity index (χ1v) is 5.62. The monoisotopic (exact) mass is 266 g/mol. The molecule has 1 N–H and O–H groups in total. The predicted octanol–water partition coefficient (Wildman–Crippen LogP) is 1.28. The Balaban J connectivity index is 2.85. The van der Waals surface area contributed by atoms with E-state index in [4.69, 9.17) is 0 Å². The number of carbonyl (C=O) groups is 2. The molecule has 0 spiro atoms. The van der Waals surface area contributed by atoms with Crippen LogP contribution >= 0.6 is 0 Å². The van der Waals surface area contributed by atoms with Crippen LogP contribution in [0.15, 0.2) is 24.3 Å². The number of rotatable bonds is 5. The number of nitrogens with zero attached hydrogens (tertiary/aromatic N) is 1. The maximum atomic E-state index is 11.9. The van der Waals surface area contributed by atoms with E-state index in [-0.39, 0.29) is 11.3 Å². The van der Waals surface area contributed by atoms with E-state index < -0.39 is 22.8 Å². The van der Waals surface area contributed by atoms with Crippen molar-refractivity contribution in [2.45, 2.75) is 19.4 Å². The largest absolute Gasteiger partial charge is 0.467 e. The van der Waals surface area contributed by atoms with E-state index in [1.807, 2.05) is 0 Å². The van der Waals surface area contributed by atoms with Crippen molar-refractivity contribution in [3.05, 3.63) is 39.9 Å². The second kappa shape index (κ2) is 6.48. The fourth-order valence-electron chi connectivity index (χ4n) is 1.47. The standard InChI is InChI=1S/C12H14N2O5/c1-3-10(12(16)19-2)13-11(15)8-5-4-6-9(7-8)14(17)18/h4-7,10H,3H2,1-2H3,(H,13,15)/t10-/m0/s1. The highest BCUT2D eigenvalue weighted by molar-refractivity contribution is 5.97. The summed E-state index contributed by atoms with van der Waals surface area (Å²) in [5.74, 6) is -1.11. The molecule has 102 valence electrons. The summed E-state index contributed by atoms with van der Waals surface area (Å²) in [7, 11) is 1.23. The zero-order valence-corrected chi connectivity index (χ0v) is 10.6. The fraction of sp³-hybridized carbons (Fsp3) is 0.333. The molecule has 0 saturated heterocycles. The third kappa shape index (κ3) is 3.77.